The van der Waals surface area contributed by atoms with Gasteiger partial charge in [0.25, 0.3) is 0 Å². The number of carboxylic acid groups (broad SMARTS) is 2. The highest BCUT2D eigenvalue weighted by Gasteiger charge is 2.10. The summed E-state index contributed by atoms with van der Waals surface area (Å²) in [7, 11) is 3.40. The lowest BCUT2D eigenvalue weighted by molar-refractivity contribution is -0.143. The number of ether oxygens (including phenoxy) is 1. The first-order valence-corrected chi connectivity index (χ1v) is 8.57. The molecule has 9 nitrogen and oxygen atoms in total. The van der Waals surface area contributed by atoms with Crippen molar-refractivity contribution in [1.29, 1.82) is 0 Å². The Morgan fingerprint density at radius 2 is 1.86 bits per heavy atom. The third-order valence-corrected chi connectivity index (χ3v) is 3.75. The molecule has 0 spiro atoms. The van der Waals surface area contributed by atoms with E-state index in [2.05, 4.69) is 10.2 Å². The first-order chi connectivity index (χ1) is 13.8. The van der Waals surface area contributed by atoms with Gasteiger partial charge in [-0.1, -0.05) is 0 Å². The lowest BCUT2D eigenvalue weighted by atomic mass is 10.1. The normalized spacial score (nSPS) is 10.2. The maximum absolute atomic E-state index is 13.2. The van der Waals surface area contributed by atoms with Crippen molar-refractivity contribution in [2.75, 3.05) is 7.11 Å². The number of halogens is 1. The zero-order valence-electron chi connectivity index (χ0n) is 15.9. The highest BCUT2D eigenvalue weighted by Crippen LogP contribution is 2.30. The fourth-order valence-electron chi connectivity index (χ4n) is 2.42. The molecule has 0 aliphatic heterocycles. The van der Waals surface area contributed by atoms with Crippen LogP contribution in [0.5, 0.6) is 5.75 Å². The molecule has 3 rings (SSSR count). The Balaban J connectivity index is 0.000000321. The molecule has 29 heavy (non-hydrogen) atoms. The van der Waals surface area contributed by atoms with Crippen molar-refractivity contribution >= 4 is 11.9 Å². The molecule has 0 atom stereocenters. The van der Waals surface area contributed by atoms with Gasteiger partial charge >= 0.3 is 11.9 Å². The average Bonchev–Trinajstić information content (AvgIpc) is 3.29. The number of methoxy groups -OCH3 is 1. The molecule has 0 bridgehead atoms. The zero-order chi connectivity index (χ0) is 21.4. The summed E-state index contributed by atoms with van der Waals surface area (Å²) in [5.41, 5.74) is 2.62. The summed E-state index contributed by atoms with van der Waals surface area (Å²) in [6.45, 7) is 0.588. The lowest BCUT2D eigenvalue weighted by Gasteiger charge is -2.06. The molecule has 0 unspecified atom stereocenters. The van der Waals surface area contributed by atoms with Gasteiger partial charge in [0.05, 0.1) is 38.4 Å². The van der Waals surface area contributed by atoms with Crippen LogP contribution in [-0.4, -0.2) is 48.8 Å². The molecular weight excluding hydrogens is 383 g/mol. The van der Waals surface area contributed by atoms with E-state index in [1.807, 2.05) is 25.5 Å². The first-order valence-electron chi connectivity index (χ1n) is 8.57. The molecule has 0 saturated carbocycles. The van der Waals surface area contributed by atoms with Crippen molar-refractivity contribution in [1.82, 2.24) is 19.6 Å². The standard InChI is InChI=1S/C15H15FN4O.C4H6O4/c1-19-6-5-13(18-19)10-20-9-11(8-17-20)14-4-3-12(16)7-15(14)21-2;5-3(6)1-2-4(7)8/h3-9H,10H2,1-2H3;1-2H2,(H,5,6)(H,7,8). The molecule has 0 amide bonds. The van der Waals surface area contributed by atoms with Crippen LogP contribution < -0.4 is 4.74 Å². The van der Waals surface area contributed by atoms with E-state index in [1.54, 1.807) is 21.6 Å². The van der Waals surface area contributed by atoms with Crippen molar-refractivity contribution in [3.8, 4) is 16.9 Å². The van der Waals surface area contributed by atoms with Gasteiger partial charge in [0.2, 0.25) is 0 Å². The summed E-state index contributed by atoms with van der Waals surface area (Å²) >= 11 is 0. The number of rotatable bonds is 7. The molecule has 10 heteroatoms. The van der Waals surface area contributed by atoms with Crippen molar-refractivity contribution in [3.05, 3.63) is 54.4 Å². The van der Waals surface area contributed by atoms with Gasteiger partial charge in [0.1, 0.15) is 11.6 Å². The van der Waals surface area contributed by atoms with Crippen molar-refractivity contribution < 1.29 is 28.9 Å². The monoisotopic (exact) mass is 404 g/mol. The van der Waals surface area contributed by atoms with Crippen LogP contribution in [0.2, 0.25) is 0 Å². The van der Waals surface area contributed by atoms with Crippen LogP contribution in [0.25, 0.3) is 11.1 Å². The van der Waals surface area contributed by atoms with Crippen LogP contribution in [0.4, 0.5) is 4.39 Å². The predicted octanol–water partition coefficient (Wildman–Crippen LogP) is 2.42. The summed E-state index contributed by atoms with van der Waals surface area (Å²) in [6, 6.07) is 6.41. The molecule has 2 aromatic heterocycles. The number of hydrogen-bond donors (Lipinski definition) is 2. The second-order valence-corrected chi connectivity index (χ2v) is 6.04. The van der Waals surface area contributed by atoms with Crippen LogP contribution in [0.1, 0.15) is 18.5 Å². The molecule has 0 fully saturated rings. The first kappa shape index (κ1) is 21.6. The minimum absolute atomic E-state index is 0.296. The Hall–Kier alpha value is -3.69. The van der Waals surface area contributed by atoms with Crippen molar-refractivity contribution in [2.45, 2.75) is 19.4 Å². The maximum Gasteiger partial charge on any atom is 0.303 e. The number of aliphatic carboxylic acids is 2. The topological polar surface area (TPSA) is 119 Å². The number of benzene rings is 1. The van der Waals surface area contributed by atoms with Gasteiger partial charge < -0.3 is 14.9 Å². The largest absolute Gasteiger partial charge is 0.496 e. The molecule has 0 saturated heterocycles. The fraction of sp³-hybridized carbons (Fsp3) is 0.263. The Morgan fingerprint density at radius 3 is 2.41 bits per heavy atom. The van der Waals surface area contributed by atoms with E-state index in [0.29, 0.717) is 12.3 Å². The molecule has 154 valence electrons. The van der Waals surface area contributed by atoms with Crippen molar-refractivity contribution in [3.63, 3.8) is 0 Å². The second kappa shape index (κ2) is 10.0. The number of carbonyl (C=O) groups is 2. The van der Waals surface area contributed by atoms with Gasteiger partial charge in [-0.3, -0.25) is 19.0 Å². The number of aryl methyl sites for hydroxylation is 1. The Morgan fingerprint density at radius 1 is 1.17 bits per heavy atom. The van der Waals surface area contributed by atoms with E-state index in [1.165, 1.54) is 19.2 Å². The van der Waals surface area contributed by atoms with E-state index in [-0.39, 0.29) is 18.7 Å². The summed E-state index contributed by atoms with van der Waals surface area (Å²) in [6.07, 6.45) is 4.93. The Bertz CT molecular complexity index is 969. The van der Waals surface area contributed by atoms with Crippen LogP contribution in [0.15, 0.2) is 42.9 Å². The highest BCUT2D eigenvalue weighted by molar-refractivity contribution is 5.75. The molecule has 0 aliphatic carbocycles. The van der Waals surface area contributed by atoms with E-state index >= 15 is 0 Å². The van der Waals surface area contributed by atoms with E-state index in [0.717, 1.165) is 16.8 Å². The van der Waals surface area contributed by atoms with Gasteiger partial charge in [-0.15, -0.1) is 0 Å². The van der Waals surface area contributed by atoms with Crippen LogP contribution in [-0.2, 0) is 23.2 Å². The smallest absolute Gasteiger partial charge is 0.303 e. The van der Waals surface area contributed by atoms with Gasteiger partial charge in [0.15, 0.2) is 0 Å². The maximum atomic E-state index is 13.2. The Labute approximate surface area is 166 Å². The van der Waals surface area contributed by atoms with Crippen LogP contribution in [0.3, 0.4) is 0 Å². The number of carboxylic acids is 2. The molecule has 0 radical (unpaired) electrons. The SMILES string of the molecule is COc1cc(F)ccc1-c1cnn(Cc2ccn(C)n2)c1.O=C(O)CCC(=O)O. The summed E-state index contributed by atoms with van der Waals surface area (Å²) < 4.78 is 22.0. The van der Waals surface area contributed by atoms with Gasteiger partial charge in [-0.25, -0.2) is 4.39 Å². The number of nitrogens with zero attached hydrogens (tertiary/aromatic N) is 4. The van der Waals surface area contributed by atoms with E-state index in [4.69, 9.17) is 14.9 Å². The number of aromatic nitrogens is 4. The Kier molecular flexibility index (Phi) is 7.47. The quantitative estimate of drug-likeness (QED) is 0.620. The van der Waals surface area contributed by atoms with Gasteiger partial charge in [-0.05, 0) is 18.2 Å². The lowest BCUT2D eigenvalue weighted by Crippen LogP contribution is -2.01. The summed E-state index contributed by atoms with van der Waals surface area (Å²) in [4.78, 5) is 19.3. The minimum atomic E-state index is -1.08. The van der Waals surface area contributed by atoms with Gasteiger partial charge in [-0.2, -0.15) is 10.2 Å². The van der Waals surface area contributed by atoms with Crippen LogP contribution in [0, 0.1) is 5.82 Å². The summed E-state index contributed by atoms with van der Waals surface area (Å²) in [5.74, 6) is -1.98. The molecule has 2 heterocycles. The number of hydrogen-bond acceptors (Lipinski definition) is 5. The van der Waals surface area contributed by atoms with Crippen LogP contribution >= 0.6 is 0 Å². The minimum Gasteiger partial charge on any atom is -0.496 e. The highest BCUT2D eigenvalue weighted by atomic mass is 19.1. The average molecular weight is 404 g/mol. The third-order valence-electron chi connectivity index (χ3n) is 3.75. The molecule has 0 aliphatic rings. The fourth-order valence-corrected chi connectivity index (χ4v) is 2.42. The summed E-state index contributed by atoms with van der Waals surface area (Å²) in [5, 5.41) is 24.4. The molecule has 3 aromatic rings. The third kappa shape index (κ3) is 6.76. The van der Waals surface area contributed by atoms with E-state index in [9.17, 15) is 14.0 Å². The van der Waals surface area contributed by atoms with Gasteiger partial charge in [0, 0.05) is 36.6 Å². The predicted molar refractivity (Wildman–Crippen MR) is 101 cm³/mol. The second-order valence-electron chi connectivity index (χ2n) is 6.04. The molecule has 2 N–H and O–H groups in total. The zero-order valence-corrected chi connectivity index (χ0v) is 15.9. The van der Waals surface area contributed by atoms with Crippen molar-refractivity contribution in [2.24, 2.45) is 7.05 Å². The molecular formula is C19H21FN4O5. The molecule has 1 aromatic carbocycles. The van der Waals surface area contributed by atoms with E-state index < -0.39 is 11.9 Å².